The smallest absolute Gasteiger partial charge is 0.194 e. The van der Waals surface area contributed by atoms with Gasteiger partial charge in [-0.1, -0.05) is 91.0 Å². The number of benzene rings is 5. The van der Waals surface area contributed by atoms with Crippen LogP contribution in [0.4, 0.5) is 0 Å². The highest BCUT2D eigenvalue weighted by Crippen LogP contribution is 2.38. The van der Waals surface area contributed by atoms with Gasteiger partial charge in [-0.15, -0.1) is 0 Å². The van der Waals surface area contributed by atoms with E-state index in [9.17, 15) is 4.79 Å². The number of allylic oxidation sites excluding steroid dienone is 4. The molecule has 1 N–H and O–H groups in total. The first-order chi connectivity index (χ1) is 20.3. The fourth-order valence-electron chi connectivity index (χ4n) is 5.28. The molecule has 0 saturated carbocycles. The van der Waals surface area contributed by atoms with E-state index >= 15 is 0 Å². The summed E-state index contributed by atoms with van der Waals surface area (Å²) in [4.78, 5) is 18.0. The molecule has 1 aliphatic carbocycles. The largest absolute Gasteiger partial charge is 0.497 e. The third-order valence-corrected chi connectivity index (χ3v) is 7.16. The Morgan fingerprint density at radius 2 is 1.32 bits per heavy atom. The van der Waals surface area contributed by atoms with Gasteiger partial charge in [-0.05, 0) is 86.7 Å². The molecule has 3 aliphatic rings. The summed E-state index contributed by atoms with van der Waals surface area (Å²) in [6.07, 6.45) is 15.2. The number of carbonyl (C=O) groups is 1. The molecule has 0 unspecified atom stereocenters. The van der Waals surface area contributed by atoms with E-state index in [4.69, 9.17) is 4.74 Å². The number of nitrogens with one attached hydrogen (secondary N) is 1. The van der Waals surface area contributed by atoms with Gasteiger partial charge < -0.3 is 9.57 Å². The van der Waals surface area contributed by atoms with Crippen molar-refractivity contribution in [2.75, 3.05) is 6.61 Å². The van der Waals surface area contributed by atoms with Crippen LogP contribution in [0.25, 0.3) is 32.7 Å². The van der Waals surface area contributed by atoms with Gasteiger partial charge in [-0.3, -0.25) is 4.79 Å². The van der Waals surface area contributed by atoms with Crippen molar-refractivity contribution in [2.24, 2.45) is 0 Å². The molecule has 5 aromatic rings. The van der Waals surface area contributed by atoms with E-state index in [1.807, 2.05) is 42.5 Å². The molecule has 0 amide bonds. The number of carbonyl (C=O) groups excluding carboxylic acids is 1. The summed E-state index contributed by atoms with van der Waals surface area (Å²) in [5.74, 6) is 0.134. The van der Waals surface area contributed by atoms with E-state index in [-0.39, 0.29) is 5.78 Å². The van der Waals surface area contributed by atoms with Gasteiger partial charge in [0.15, 0.2) is 5.78 Å². The summed E-state index contributed by atoms with van der Waals surface area (Å²) in [5.41, 5.74) is 8.59. The molecule has 0 aromatic heterocycles. The van der Waals surface area contributed by atoms with Crippen LogP contribution in [0.3, 0.4) is 0 Å². The molecular weight excluding hydrogens is 506 g/mol. The van der Waals surface area contributed by atoms with Crippen LogP contribution in [-0.4, -0.2) is 12.4 Å². The quantitative estimate of drug-likeness (QED) is 0.215. The standard InChI is InChI=1S/C28H18O.C5H6O.C4H5NO/c29-28-23-12-4-3-9-20(23)16-22-11-6-14-25(27(22)28)24-13-5-10-21-15-18-7-1-2-8-19(18)17-26(21)24;2*1-2-4-6-5-3-1/h1-15,17H,16H2;1-4H,5H2;1-5H. The van der Waals surface area contributed by atoms with E-state index < -0.39 is 0 Å². The lowest BCUT2D eigenvalue weighted by Crippen LogP contribution is -2.16. The van der Waals surface area contributed by atoms with Gasteiger partial charge in [0.25, 0.3) is 0 Å². The minimum atomic E-state index is 0.134. The van der Waals surface area contributed by atoms with Crippen molar-refractivity contribution in [3.05, 3.63) is 168 Å². The zero-order valence-corrected chi connectivity index (χ0v) is 22.5. The van der Waals surface area contributed by atoms with Crippen LogP contribution in [0.15, 0.2) is 146 Å². The monoisotopic (exact) mass is 535 g/mol. The van der Waals surface area contributed by atoms with Gasteiger partial charge >= 0.3 is 0 Å². The van der Waals surface area contributed by atoms with E-state index in [2.05, 4.69) is 89.2 Å². The summed E-state index contributed by atoms with van der Waals surface area (Å²) in [7, 11) is 0. The Hall–Kier alpha value is -5.35. The van der Waals surface area contributed by atoms with Crippen molar-refractivity contribution in [2.45, 2.75) is 6.42 Å². The SMILES string of the molecule is C1=CCOC=C1.C1=CNOC=C1.O=C1c2ccccc2Cc2cccc(-c3cccc4cc5ccccc5cc34)c21. The Morgan fingerprint density at radius 1 is 0.610 bits per heavy atom. The number of ketones is 1. The third kappa shape index (κ3) is 5.68. The van der Waals surface area contributed by atoms with E-state index in [0.29, 0.717) is 0 Å². The number of ether oxygens (including phenoxy) is 1. The normalized spacial score (nSPS) is 13.9. The Bertz CT molecular complexity index is 1800. The molecule has 0 saturated heterocycles. The van der Waals surface area contributed by atoms with Crippen LogP contribution in [0.1, 0.15) is 27.0 Å². The summed E-state index contributed by atoms with van der Waals surface area (Å²) in [5, 5.41) is 4.83. The molecule has 0 radical (unpaired) electrons. The fraction of sp³-hybridized carbons (Fsp3) is 0.0541. The number of rotatable bonds is 1. The maximum Gasteiger partial charge on any atom is 0.194 e. The van der Waals surface area contributed by atoms with Crippen molar-refractivity contribution in [1.29, 1.82) is 0 Å². The molecule has 2 heterocycles. The second-order valence-corrected chi connectivity index (χ2v) is 9.74. The van der Waals surface area contributed by atoms with Crippen LogP contribution < -0.4 is 5.48 Å². The maximum atomic E-state index is 13.5. The Kier molecular flexibility index (Phi) is 7.72. The highest BCUT2D eigenvalue weighted by Gasteiger charge is 2.26. The molecule has 4 heteroatoms. The van der Waals surface area contributed by atoms with Crippen LogP contribution in [0.5, 0.6) is 0 Å². The zero-order valence-electron chi connectivity index (χ0n) is 22.5. The second-order valence-electron chi connectivity index (χ2n) is 9.74. The molecule has 0 bridgehead atoms. The van der Waals surface area contributed by atoms with Crippen LogP contribution in [-0.2, 0) is 16.0 Å². The van der Waals surface area contributed by atoms with Crippen molar-refractivity contribution in [3.63, 3.8) is 0 Å². The molecule has 0 fully saturated rings. The lowest BCUT2D eigenvalue weighted by Gasteiger charge is -2.22. The molecule has 8 rings (SSSR count). The number of fused-ring (bicyclic) bond motifs is 4. The third-order valence-electron chi connectivity index (χ3n) is 7.16. The maximum absolute atomic E-state index is 13.5. The van der Waals surface area contributed by atoms with Crippen molar-refractivity contribution in [3.8, 4) is 11.1 Å². The minimum absolute atomic E-state index is 0.134. The van der Waals surface area contributed by atoms with Crippen LogP contribution in [0, 0.1) is 0 Å². The van der Waals surface area contributed by atoms with Gasteiger partial charge in [0, 0.05) is 17.3 Å². The topological polar surface area (TPSA) is 47.6 Å². The van der Waals surface area contributed by atoms with Crippen molar-refractivity contribution in [1.82, 2.24) is 5.48 Å². The van der Waals surface area contributed by atoms with E-state index in [1.54, 1.807) is 24.8 Å². The average molecular weight is 536 g/mol. The second kappa shape index (κ2) is 12.2. The average Bonchev–Trinajstić information content (AvgIpc) is 3.05. The summed E-state index contributed by atoms with van der Waals surface area (Å²) < 4.78 is 4.80. The first kappa shape index (κ1) is 25.9. The zero-order chi connectivity index (χ0) is 27.9. The fourth-order valence-corrected chi connectivity index (χ4v) is 5.28. The predicted molar refractivity (Wildman–Crippen MR) is 166 cm³/mol. The molecule has 2 aliphatic heterocycles. The van der Waals surface area contributed by atoms with Gasteiger partial charge in [0.1, 0.15) is 12.9 Å². The Labute approximate surface area is 239 Å². The highest BCUT2D eigenvalue weighted by molar-refractivity contribution is 6.17. The molecule has 5 aromatic carbocycles. The van der Waals surface area contributed by atoms with E-state index in [1.165, 1.54) is 21.5 Å². The van der Waals surface area contributed by atoms with E-state index in [0.717, 1.165) is 46.4 Å². The summed E-state index contributed by atoms with van der Waals surface area (Å²) >= 11 is 0. The summed E-state index contributed by atoms with van der Waals surface area (Å²) in [6, 6.07) is 33.5. The molecule has 200 valence electrons. The molecule has 0 spiro atoms. The number of hydrogen-bond donors (Lipinski definition) is 1. The van der Waals surface area contributed by atoms with Gasteiger partial charge in [0.05, 0.1) is 6.26 Å². The number of hydroxylamine groups is 1. The van der Waals surface area contributed by atoms with Crippen molar-refractivity contribution >= 4 is 27.3 Å². The van der Waals surface area contributed by atoms with Crippen LogP contribution in [0.2, 0.25) is 0 Å². The minimum Gasteiger partial charge on any atom is -0.497 e. The van der Waals surface area contributed by atoms with Gasteiger partial charge in [0.2, 0.25) is 0 Å². The summed E-state index contributed by atoms with van der Waals surface area (Å²) in [6.45, 7) is 0.733. The lowest BCUT2D eigenvalue weighted by atomic mass is 9.80. The molecule has 41 heavy (non-hydrogen) atoms. The Morgan fingerprint density at radius 3 is 2.00 bits per heavy atom. The highest BCUT2D eigenvalue weighted by atomic mass is 16.6. The predicted octanol–water partition coefficient (Wildman–Crippen LogP) is 8.43. The molecule has 0 atom stereocenters. The molecule has 4 nitrogen and oxygen atoms in total. The van der Waals surface area contributed by atoms with Gasteiger partial charge in [-0.25, -0.2) is 5.48 Å². The lowest BCUT2D eigenvalue weighted by molar-refractivity contribution is 0.103. The van der Waals surface area contributed by atoms with Crippen molar-refractivity contribution < 1.29 is 14.4 Å². The first-order valence-corrected chi connectivity index (χ1v) is 13.6. The first-order valence-electron chi connectivity index (χ1n) is 13.6. The van der Waals surface area contributed by atoms with Gasteiger partial charge in [-0.2, -0.15) is 0 Å². The molecular formula is C37H29NO3. The number of hydrogen-bond acceptors (Lipinski definition) is 4. The Balaban J connectivity index is 0.000000209. The van der Waals surface area contributed by atoms with Crippen LogP contribution >= 0.6 is 0 Å².